The van der Waals surface area contributed by atoms with Gasteiger partial charge in [-0.25, -0.2) is 13.1 Å². The number of hydrogen-bond acceptors (Lipinski definition) is 3. The fourth-order valence-electron chi connectivity index (χ4n) is 1.63. The van der Waals surface area contributed by atoms with E-state index < -0.39 is 10.0 Å². The summed E-state index contributed by atoms with van der Waals surface area (Å²) in [5, 5.41) is 2.71. The Kier molecular flexibility index (Phi) is 5.50. The highest BCUT2D eigenvalue weighted by Crippen LogP contribution is 2.13. The monoisotopic (exact) mass is 284 g/mol. The fraction of sp³-hybridized carbons (Fsp3) is 0.462. The number of hydrogen-bond donors (Lipinski definition) is 2. The first-order valence-corrected chi connectivity index (χ1v) is 7.66. The van der Waals surface area contributed by atoms with E-state index in [1.807, 2.05) is 13.8 Å². The molecule has 0 aromatic heterocycles. The molecular formula is C13H20N2O3S. The van der Waals surface area contributed by atoms with Gasteiger partial charge in [-0.15, -0.1) is 0 Å². The van der Waals surface area contributed by atoms with Crippen molar-refractivity contribution in [3.05, 3.63) is 29.8 Å². The fourth-order valence-corrected chi connectivity index (χ4v) is 2.90. The second-order valence-electron chi connectivity index (χ2n) is 4.64. The molecule has 1 rings (SSSR count). The van der Waals surface area contributed by atoms with Gasteiger partial charge in [0.1, 0.15) is 0 Å². The summed E-state index contributed by atoms with van der Waals surface area (Å²) in [6, 6.07) is 6.80. The predicted molar refractivity (Wildman–Crippen MR) is 74.3 cm³/mol. The topological polar surface area (TPSA) is 75.3 Å². The number of amides is 1. The highest BCUT2D eigenvalue weighted by molar-refractivity contribution is 7.89. The summed E-state index contributed by atoms with van der Waals surface area (Å²) in [5.41, 5.74) is 0.682. The van der Waals surface area contributed by atoms with Gasteiger partial charge in [-0.3, -0.25) is 4.79 Å². The molecule has 0 atom stereocenters. The second-order valence-corrected chi connectivity index (χ2v) is 6.37. The second kappa shape index (κ2) is 6.68. The molecule has 0 unspecified atom stereocenters. The Bertz CT molecular complexity index is 539. The highest BCUT2D eigenvalue weighted by Gasteiger charge is 2.16. The van der Waals surface area contributed by atoms with E-state index in [1.54, 1.807) is 31.2 Å². The zero-order valence-corrected chi connectivity index (χ0v) is 12.3. The van der Waals surface area contributed by atoms with Gasteiger partial charge in [0.2, 0.25) is 15.9 Å². The number of rotatable bonds is 6. The minimum Gasteiger partial charge on any atom is -0.354 e. The summed E-state index contributed by atoms with van der Waals surface area (Å²) in [6.07, 6.45) is 0.128. The maximum atomic E-state index is 12.0. The molecule has 1 amide bonds. The van der Waals surface area contributed by atoms with E-state index in [4.69, 9.17) is 0 Å². The summed E-state index contributed by atoms with van der Waals surface area (Å²) < 4.78 is 26.5. The molecule has 0 saturated heterocycles. The number of benzene rings is 1. The van der Waals surface area contributed by atoms with Crippen LogP contribution in [0.1, 0.15) is 25.8 Å². The van der Waals surface area contributed by atoms with Crippen LogP contribution in [0.4, 0.5) is 0 Å². The Hall–Kier alpha value is -1.40. The molecule has 19 heavy (non-hydrogen) atoms. The molecule has 106 valence electrons. The van der Waals surface area contributed by atoms with Crippen LogP contribution >= 0.6 is 0 Å². The first kappa shape index (κ1) is 15.7. The van der Waals surface area contributed by atoms with Gasteiger partial charge in [-0.1, -0.05) is 18.2 Å². The van der Waals surface area contributed by atoms with Crippen molar-refractivity contribution in [2.75, 3.05) is 6.54 Å². The van der Waals surface area contributed by atoms with E-state index in [-0.39, 0.29) is 29.8 Å². The number of carbonyl (C=O) groups is 1. The van der Waals surface area contributed by atoms with E-state index in [0.29, 0.717) is 5.56 Å². The molecule has 0 spiro atoms. The van der Waals surface area contributed by atoms with Crippen molar-refractivity contribution >= 4 is 15.9 Å². The lowest BCUT2D eigenvalue weighted by Crippen LogP contribution is -2.34. The molecule has 0 aliphatic heterocycles. The Labute approximate surface area is 114 Å². The van der Waals surface area contributed by atoms with Gasteiger partial charge in [-0.05, 0) is 32.4 Å². The van der Waals surface area contributed by atoms with Gasteiger partial charge >= 0.3 is 0 Å². The lowest BCUT2D eigenvalue weighted by Gasteiger charge is -2.10. The molecule has 1 aromatic rings. The molecule has 6 heteroatoms. The number of aryl methyl sites for hydroxylation is 1. The Morgan fingerprint density at radius 3 is 2.47 bits per heavy atom. The van der Waals surface area contributed by atoms with Gasteiger partial charge in [0.15, 0.2) is 0 Å². The largest absolute Gasteiger partial charge is 0.354 e. The van der Waals surface area contributed by atoms with Crippen LogP contribution in [-0.2, 0) is 14.8 Å². The Morgan fingerprint density at radius 1 is 1.26 bits per heavy atom. The zero-order chi connectivity index (χ0) is 14.5. The normalized spacial score (nSPS) is 11.6. The zero-order valence-electron chi connectivity index (χ0n) is 11.4. The van der Waals surface area contributed by atoms with Crippen LogP contribution in [0.15, 0.2) is 29.2 Å². The van der Waals surface area contributed by atoms with Crippen molar-refractivity contribution in [3.63, 3.8) is 0 Å². The molecule has 0 aliphatic rings. The summed E-state index contributed by atoms with van der Waals surface area (Å²) in [6.45, 7) is 5.54. The van der Waals surface area contributed by atoms with Gasteiger partial charge < -0.3 is 5.32 Å². The van der Waals surface area contributed by atoms with E-state index in [1.165, 1.54) is 0 Å². The third kappa shape index (κ3) is 5.00. The molecular weight excluding hydrogens is 264 g/mol. The van der Waals surface area contributed by atoms with Gasteiger partial charge in [0.25, 0.3) is 0 Å². The molecule has 0 heterocycles. The highest BCUT2D eigenvalue weighted by atomic mass is 32.2. The molecule has 0 radical (unpaired) electrons. The summed E-state index contributed by atoms with van der Waals surface area (Å²) in [7, 11) is -3.55. The average molecular weight is 284 g/mol. The van der Waals surface area contributed by atoms with Crippen molar-refractivity contribution in [2.45, 2.75) is 38.1 Å². The number of sulfonamides is 1. The molecule has 0 saturated carbocycles. The summed E-state index contributed by atoms with van der Waals surface area (Å²) in [5.74, 6) is -0.164. The van der Waals surface area contributed by atoms with Crippen LogP contribution < -0.4 is 10.0 Å². The van der Waals surface area contributed by atoms with Crippen molar-refractivity contribution in [1.82, 2.24) is 10.0 Å². The molecule has 2 N–H and O–H groups in total. The van der Waals surface area contributed by atoms with Crippen LogP contribution in [-0.4, -0.2) is 26.9 Å². The number of nitrogens with one attached hydrogen (secondary N) is 2. The van der Waals surface area contributed by atoms with Crippen LogP contribution in [0.3, 0.4) is 0 Å². The van der Waals surface area contributed by atoms with Crippen LogP contribution in [0.2, 0.25) is 0 Å². The van der Waals surface area contributed by atoms with Crippen molar-refractivity contribution in [1.29, 1.82) is 0 Å². The standard InChI is InChI=1S/C13H20N2O3S/c1-10(2)15-13(16)8-9-14-19(17,18)12-7-5-4-6-11(12)3/h4-7,10,14H,8-9H2,1-3H3,(H,15,16). The summed E-state index contributed by atoms with van der Waals surface area (Å²) in [4.78, 5) is 11.6. The Balaban J connectivity index is 2.58. The smallest absolute Gasteiger partial charge is 0.240 e. The molecule has 0 aliphatic carbocycles. The quantitative estimate of drug-likeness (QED) is 0.824. The summed E-state index contributed by atoms with van der Waals surface area (Å²) >= 11 is 0. The van der Waals surface area contributed by atoms with E-state index in [0.717, 1.165) is 0 Å². The van der Waals surface area contributed by atoms with Gasteiger partial charge in [-0.2, -0.15) is 0 Å². The number of carbonyl (C=O) groups excluding carboxylic acids is 1. The van der Waals surface area contributed by atoms with Crippen LogP contribution in [0.25, 0.3) is 0 Å². The lowest BCUT2D eigenvalue weighted by atomic mass is 10.2. The van der Waals surface area contributed by atoms with Crippen molar-refractivity contribution < 1.29 is 13.2 Å². The predicted octanol–water partition coefficient (Wildman–Crippen LogP) is 1.19. The molecule has 0 bridgehead atoms. The lowest BCUT2D eigenvalue weighted by molar-refractivity contribution is -0.121. The van der Waals surface area contributed by atoms with E-state index in [2.05, 4.69) is 10.0 Å². The van der Waals surface area contributed by atoms with Crippen molar-refractivity contribution in [2.24, 2.45) is 0 Å². The third-order valence-electron chi connectivity index (χ3n) is 2.48. The van der Waals surface area contributed by atoms with E-state index in [9.17, 15) is 13.2 Å². The maximum absolute atomic E-state index is 12.0. The SMILES string of the molecule is Cc1ccccc1S(=O)(=O)NCCC(=O)NC(C)C. The molecule has 1 aromatic carbocycles. The average Bonchev–Trinajstić information content (AvgIpc) is 2.27. The van der Waals surface area contributed by atoms with E-state index >= 15 is 0 Å². The minimum absolute atomic E-state index is 0.0560. The minimum atomic E-state index is -3.55. The van der Waals surface area contributed by atoms with Gasteiger partial charge in [0.05, 0.1) is 4.90 Å². The van der Waals surface area contributed by atoms with Crippen molar-refractivity contribution in [3.8, 4) is 0 Å². The first-order valence-electron chi connectivity index (χ1n) is 6.17. The van der Waals surface area contributed by atoms with Crippen LogP contribution in [0.5, 0.6) is 0 Å². The first-order chi connectivity index (χ1) is 8.83. The van der Waals surface area contributed by atoms with Gasteiger partial charge in [0, 0.05) is 19.0 Å². The molecule has 5 nitrogen and oxygen atoms in total. The third-order valence-corrected chi connectivity index (χ3v) is 4.10. The van der Waals surface area contributed by atoms with Crippen LogP contribution in [0, 0.1) is 6.92 Å². The maximum Gasteiger partial charge on any atom is 0.240 e. The Morgan fingerprint density at radius 2 is 1.89 bits per heavy atom. The molecule has 0 fully saturated rings.